The first-order valence-corrected chi connectivity index (χ1v) is 11.8. The maximum atomic E-state index is 13.6. The number of benzene rings is 2. The van der Waals surface area contributed by atoms with E-state index in [1.807, 2.05) is 41.3 Å². The van der Waals surface area contributed by atoms with Gasteiger partial charge in [0.2, 0.25) is 12.7 Å². The van der Waals surface area contributed by atoms with E-state index in [0.29, 0.717) is 36.0 Å². The first kappa shape index (κ1) is 22.6. The molecule has 0 radical (unpaired) electrons. The zero-order chi connectivity index (χ0) is 23.7. The Bertz CT molecular complexity index is 1100. The second kappa shape index (κ2) is 9.22. The first-order chi connectivity index (χ1) is 16.5. The third-order valence-electron chi connectivity index (χ3n) is 7.42. The van der Waals surface area contributed by atoms with E-state index < -0.39 is 5.60 Å². The van der Waals surface area contributed by atoms with Crippen molar-refractivity contribution in [2.75, 3.05) is 27.6 Å². The summed E-state index contributed by atoms with van der Waals surface area (Å²) in [4.78, 5) is 15.4. The second-order valence-corrected chi connectivity index (χ2v) is 9.24. The summed E-state index contributed by atoms with van der Waals surface area (Å²) in [7, 11) is 3.26. The number of aliphatic hydroxyl groups is 1. The lowest BCUT2D eigenvalue weighted by atomic mass is 9.66. The second-order valence-electron chi connectivity index (χ2n) is 9.24. The predicted molar refractivity (Wildman–Crippen MR) is 127 cm³/mol. The molecule has 2 fully saturated rings. The van der Waals surface area contributed by atoms with Crippen LogP contribution in [0.4, 0.5) is 0 Å². The molecular weight excluding hydrogens is 434 g/mol. The minimum Gasteiger partial charge on any atom is -0.497 e. The number of methoxy groups -OCH3 is 2. The van der Waals surface area contributed by atoms with Crippen LogP contribution >= 0.6 is 0 Å². The number of rotatable bonds is 5. The normalized spacial score (nSPS) is 25.8. The number of likely N-dealkylation sites (tertiary alicyclic amines) is 1. The number of nitrogens with zero attached hydrogens (tertiary/aromatic N) is 1. The Labute approximate surface area is 199 Å². The summed E-state index contributed by atoms with van der Waals surface area (Å²) in [6, 6.07) is 11.0. The molecule has 2 aromatic rings. The smallest absolute Gasteiger partial charge is 0.247 e. The molecule has 180 valence electrons. The van der Waals surface area contributed by atoms with Crippen molar-refractivity contribution in [3.63, 3.8) is 0 Å². The zero-order valence-corrected chi connectivity index (χ0v) is 19.7. The largest absolute Gasteiger partial charge is 0.497 e. The van der Waals surface area contributed by atoms with Gasteiger partial charge < -0.3 is 29.0 Å². The van der Waals surface area contributed by atoms with Crippen LogP contribution in [0.1, 0.15) is 49.3 Å². The molecule has 0 aromatic heterocycles. The molecule has 34 heavy (non-hydrogen) atoms. The van der Waals surface area contributed by atoms with Crippen LogP contribution in [0, 0.1) is 5.92 Å². The van der Waals surface area contributed by atoms with Crippen molar-refractivity contribution in [1.29, 1.82) is 0 Å². The lowest BCUT2D eigenvalue weighted by Gasteiger charge is -2.52. The summed E-state index contributed by atoms with van der Waals surface area (Å²) in [5.41, 5.74) is 0.949. The SMILES string of the molecule is COc1ccc(OC)c([C@H]2[C@@H]3CCCC[C@@]3(O)CCN2C(=O)/C=C/c2ccc3c(c2)OCO3)c1. The number of hydrogen-bond acceptors (Lipinski definition) is 6. The Hall–Kier alpha value is -3.19. The molecule has 1 amide bonds. The standard InChI is InChI=1S/C27H31NO6/c1-31-19-8-10-22(32-2)20(16-19)26-21-5-3-4-12-27(21,30)13-14-28(26)25(29)11-7-18-6-9-23-24(15-18)34-17-33-23/h6-11,15-16,21,26,30H,3-5,12-14,17H2,1-2H3/b11-7+/t21-,26-,27+/m0/s1. The molecule has 0 unspecified atom stereocenters. The quantitative estimate of drug-likeness (QED) is 0.662. The molecule has 0 bridgehead atoms. The van der Waals surface area contributed by atoms with Gasteiger partial charge in [0, 0.05) is 24.1 Å². The van der Waals surface area contributed by atoms with E-state index in [9.17, 15) is 9.90 Å². The molecule has 1 aliphatic carbocycles. The zero-order valence-electron chi connectivity index (χ0n) is 19.7. The van der Waals surface area contributed by atoms with Gasteiger partial charge in [-0.25, -0.2) is 0 Å². The molecule has 2 aromatic carbocycles. The fourth-order valence-electron chi connectivity index (χ4n) is 5.66. The highest BCUT2D eigenvalue weighted by molar-refractivity contribution is 5.92. The number of ether oxygens (including phenoxy) is 4. The Morgan fingerprint density at radius 3 is 2.76 bits per heavy atom. The molecule has 1 saturated carbocycles. The van der Waals surface area contributed by atoms with Crippen molar-refractivity contribution in [1.82, 2.24) is 4.90 Å². The van der Waals surface area contributed by atoms with Gasteiger partial charge in [0.15, 0.2) is 11.5 Å². The number of hydrogen-bond donors (Lipinski definition) is 1. The van der Waals surface area contributed by atoms with E-state index in [-0.39, 0.29) is 24.7 Å². The van der Waals surface area contributed by atoms with Crippen molar-refractivity contribution in [2.45, 2.75) is 43.7 Å². The Kier molecular flexibility index (Phi) is 6.13. The highest BCUT2D eigenvalue weighted by Crippen LogP contribution is 2.51. The van der Waals surface area contributed by atoms with Crippen LogP contribution in [-0.2, 0) is 4.79 Å². The highest BCUT2D eigenvalue weighted by atomic mass is 16.7. The molecule has 1 N–H and O–H groups in total. The maximum Gasteiger partial charge on any atom is 0.247 e. The van der Waals surface area contributed by atoms with Gasteiger partial charge in [0.05, 0.1) is 25.9 Å². The van der Waals surface area contributed by atoms with E-state index in [1.165, 1.54) is 0 Å². The predicted octanol–water partition coefficient (Wildman–Crippen LogP) is 4.34. The number of amides is 1. The van der Waals surface area contributed by atoms with Gasteiger partial charge in [-0.1, -0.05) is 18.9 Å². The van der Waals surface area contributed by atoms with Gasteiger partial charge in [-0.15, -0.1) is 0 Å². The van der Waals surface area contributed by atoms with E-state index in [0.717, 1.165) is 36.8 Å². The van der Waals surface area contributed by atoms with Gasteiger partial charge in [-0.2, -0.15) is 0 Å². The first-order valence-electron chi connectivity index (χ1n) is 11.8. The number of fused-ring (bicyclic) bond motifs is 2. The van der Waals surface area contributed by atoms with Gasteiger partial charge in [-0.3, -0.25) is 4.79 Å². The van der Waals surface area contributed by atoms with E-state index in [1.54, 1.807) is 26.4 Å². The summed E-state index contributed by atoms with van der Waals surface area (Å²) < 4.78 is 22.0. The molecular formula is C27H31NO6. The molecule has 2 aliphatic heterocycles. The number of piperidine rings is 1. The fraction of sp³-hybridized carbons (Fsp3) is 0.444. The average molecular weight is 466 g/mol. The summed E-state index contributed by atoms with van der Waals surface area (Å²) in [6.45, 7) is 0.686. The molecule has 1 saturated heterocycles. The van der Waals surface area contributed by atoms with Crippen LogP contribution in [0.25, 0.3) is 6.08 Å². The molecule has 0 spiro atoms. The third-order valence-corrected chi connectivity index (χ3v) is 7.42. The van der Waals surface area contributed by atoms with Gasteiger partial charge in [0.1, 0.15) is 11.5 Å². The highest BCUT2D eigenvalue weighted by Gasteiger charge is 2.50. The lowest BCUT2D eigenvalue weighted by molar-refractivity contribution is -0.151. The summed E-state index contributed by atoms with van der Waals surface area (Å²) >= 11 is 0. The minimum atomic E-state index is -0.783. The third kappa shape index (κ3) is 4.09. The molecule has 5 rings (SSSR count). The molecule has 3 aliphatic rings. The van der Waals surface area contributed by atoms with Crippen molar-refractivity contribution < 1.29 is 28.8 Å². The number of carbonyl (C=O) groups is 1. The Balaban J connectivity index is 1.49. The molecule has 2 heterocycles. The Morgan fingerprint density at radius 2 is 1.94 bits per heavy atom. The summed E-state index contributed by atoms with van der Waals surface area (Å²) in [5, 5.41) is 11.6. The minimum absolute atomic E-state index is 0.0705. The van der Waals surface area contributed by atoms with E-state index >= 15 is 0 Å². The van der Waals surface area contributed by atoms with Crippen molar-refractivity contribution >= 4 is 12.0 Å². The number of carbonyl (C=O) groups excluding carboxylic acids is 1. The van der Waals surface area contributed by atoms with E-state index in [2.05, 4.69) is 0 Å². The van der Waals surface area contributed by atoms with Crippen molar-refractivity contribution in [3.05, 3.63) is 53.6 Å². The summed E-state index contributed by atoms with van der Waals surface area (Å²) in [5.74, 6) is 2.61. The van der Waals surface area contributed by atoms with Gasteiger partial charge in [-0.05, 0) is 61.2 Å². The van der Waals surface area contributed by atoms with Gasteiger partial charge in [0.25, 0.3) is 0 Å². The van der Waals surface area contributed by atoms with Crippen molar-refractivity contribution in [2.24, 2.45) is 5.92 Å². The maximum absolute atomic E-state index is 13.6. The van der Waals surface area contributed by atoms with Gasteiger partial charge >= 0.3 is 0 Å². The van der Waals surface area contributed by atoms with Crippen LogP contribution < -0.4 is 18.9 Å². The Morgan fingerprint density at radius 1 is 1.09 bits per heavy atom. The summed E-state index contributed by atoms with van der Waals surface area (Å²) in [6.07, 6.45) is 7.63. The monoisotopic (exact) mass is 465 g/mol. The van der Waals surface area contributed by atoms with E-state index in [4.69, 9.17) is 18.9 Å². The average Bonchev–Trinajstić information content (AvgIpc) is 3.34. The van der Waals surface area contributed by atoms with Crippen LogP contribution in [0.15, 0.2) is 42.5 Å². The fourth-order valence-corrected chi connectivity index (χ4v) is 5.66. The van der Waals surface area contributed by atoms with Crippen LogP contribution in [0.3, 0.4) is 0 Å². The van der Waals surface area contributed by atoms with Crippen LogP contribution in [-0.4, -0.2) is 49.1 Å². The topological polar surface area (TPSA) is 77.5 Å². The molecule has 7 nitrogen and oxygen atoms in total. The lowest BCUT2D eigenvalue weighted by Crippen LogP contribution is -2.56. The van der Waals surface area contributed by atoms with Crippen LogP contribution in [0.5, 0.6) is 23.0 Å². The molecule has 3 atom stereocenters. The van der Waals surface area contributed by atoms with Crippen molar-refractivity contribution in [3.8, 4) is 23.0 Å². The van der Waals surface area contributed by atoms with Crippen LogP contribution in [0.2, 0.25) is 0 Å². The molecule has 7 heteroatoms.